The highest BCUT2D eigenvalue weighted by Gasteiger charge is 2.33. The van der Waals surface area contributed by atoms with Crippen molar-refractivity contribution < 1.29 is 13.2 Å². The van der Waals surface area contributed by atoms with E-state index < -0.39 is 11.9 Å². The minimum absolute atomic E-state index is 0.586. The second-order valence-corrected chi connectivity index (χ2v) is 1.93. The molecule has 0 bridgehead atoms. The summed E-state index contributed by atoms with van der Waals surface area (Å²) in [5, 5.41) is 2.94. The smallest absolute Gasteiger partial charge is 0.180 e. The number of hydrogen-bond acceptors (Lipinski definition) is 1. The third-order valence-electron chi connectivity index (χ3n) is 0.849. The molecule has 0 aliphatic carbocycles. The summed E-state index contributed by atoms with van der Waals surface area (Å²) in [5.74, 6) is 0. The van der Waals surface area contributed by atoms with Gasteiger partial charge in [0.2, 0.25) is 0 Å². The summed E-state index contributed by atoms with van der Waals surface area (Å²) in [6.07, 6.45) is -3.38. The highest BCUT2D eigenvalue weighted by Crippen LogP contribution is 2.27. The lowest BCUT2D eigenvalue weighted by Gasteiger charge is -1.98. The molecule has 1 aromatic rings. The van der Waals surface area contributed by atoms with Gasteiger partial charge < -0.3 is 0 Å². The molecule has 1 rings (SSSR count). The molecule has 0 N–H and O–H groups in total. The third-order valence-corrected chi connectivity index (χ3v) is 1.04. The molecule has 2 nitrogen and oxygen atoms in total. The maximum atomic E-state index is 11.7. The Morgan fingerprint density at radius 1 is 1.50 bits per heavy atom. The van der Waals surface area contributed by atoms with E-state index in [0.29, 0.717) is 4.20 Å². The lowest BCUT2D eigenvalue weighted by atomic mass is 10.4. The lowest BCUT2D eigenvalue weighted by molar-refractivity contribution is -0.141. The van der Waals surface area contributed by atoms with E-state index in [1.807, 2.05) is 0 Å². The van der Waals surface area contributed by atoms with E-state index in [9.17, 15) is 13.2 Å². The van der Waals surface area contributed by atoms with Crippen molar-refractivity contribution in [2.45, 2.75) is 6.18 Å². The number of nitrogens with zero attached hydrogens (tertiary/aromatic N) is 2. The van der Waals surface area contributed by atoms with Crippen molar-refractivity contribution in [2.75, 3.05) is 0 Å². The summed E-state index contributed by atoms with van der Waals surface area (Å²) in [4.78, 5) is 0. The number of halogens is 4. The van der Waals surface area contributed by atoms with E-state index in [1.54, 1.807) is 0 Å². The quantitative estimate of drug-likeness (QED) is 0.582. The van der Waals surface area contributed by atoms with Crippen molar-refractivity contribution in [3.63, 3.8) is 0 Å². The summed E-state index contributed by atoms with van der Waals surface area (Å²) < 4.78 is 35.6. The molecular weight excluding hydrogens is 169 g/mol. The largest absolute Gasteiger partial charge is 0.435 e. The molecule has 1 heterocycles. The predicted octanol–water partition coefficient (Wildman–Crippen LogP) is 1.90. The van der Waals surface area contributed by atoms with Crippen molar-refractivity contribution in [3.05, 3.63) is 18.0 Å². The van der Waals surface area contributed by atoms with Gasteiger partial charge in [-0.05, 0) is 6.07 Å². The number of alkyl halides is 3. The number of aromatic nitrogens is 2. The Morgan fingerprint density at radius 3 is 2.30 bits per heavy atom. The average Bonchev–Trinajstić information content (AvgIpc) is 2.11. The SMILES string of the molecule is FC(F)(F)c1ccn(Cl)n1. The second kappa shape index (κ2) is 2.16. The molecule has 0 radical (unpaired) electrons. The zero-order chi connectivity index (χ0) is 7.78. The van der Waals surface area contributed by atoms with Crippen molar-refractivity contribution in [1.82, 2.24) is 9.30 Å². The van der Waals surface area contributed by atoms with E-state index in [-0.39, 0.29) is 0 Å². The molecule has 6 heteroatoms. The first kappa shape index (κ1) is 7.40. The van der Waals surface area contributed by atoms with E-state index in [0.717, 1.165) is 12.3 Å². The fourth-order valence-corrected chi connectivity index (χ4v) is 0.591. The zero-order valence-electron chi connectivity index (χ0n) is 4.56. The second-order valence-electron chi connectivity index (χ2n) is 1.59. The standard InChI is InChI=1S/C4H2ClF3N2/c5-10-2-1-3(9-10)4(6,7)8/h1-2H. The molecular formula is C4H2ClF3N2. The van der Waals surface area contributed by atoms with Crippen LogP contribution >= 0.6 is 11.8 Å². The van der Waals surface area contributed by atoms with E-state index in [2.05, 4.69) is 5.10 Å². The van der Waals surface area contributed by atoms with Crippen LogP contribution in [0.25, 0.3) is 0 Å². The van der Waals surface area contributed by atoms with Crippen LogP contribution in [0.2, 0.25) is 0 Å². The van der Waals surface area contributed by atoms with Crippen molar-refractivity contribution in [3.8, 4) is 0 Å². The van der Waals surface area contributed by atoms with Gasteiger partial charge in [0.25, 0.3) is 0 Å². The molecule has 0 unspecified atom stereocenters. The fourth-order valence-electron chi connectivity index (χ4n) is 0.453. The molecule has 0 spiro atoms. The molecule has 0 aromatic carbocycles. The normalized spacial score (nSPS) is 12.0. The summed E-state index contributed by atoms with van der Waals surface area (Å²) in [5.41, 5.74) is -0.984. The van der Waals surface area contributed by atoms with Crippen LogP contribution in [-0.4, -0.2) is 9.30 Å². The summed E-state index contributed by atoms with van der Waals surface area (Å²) in [7, 11) is 0. The average molecular weight is 171 g/mol. The Hall–Kier alpha value is -0.710. The monoisotopic (exact) mass is 170 g/mol. The van der Waals surface area contributed by atoms with Gasteiger partial charge in [0, 0.05) is 18.0 Å². The van der Waals surface area contributed by atoms with Gasteiger partial charge in [-0.25, -0.2) is 0 Å². The first-order chi connectivity index (χ1) is 4.50. The van der Waals surface area contributed by atoms with E-state index >= 15 is 0 Å². The lowest BCUT2D eigenvalue weighted by Crippen LogP contribution is -2.05. The molecule has 56 valence electrons. The van der Waals surface area contributed by atoms with Gasteiger partial charge in [-0.3, -0.25) is 0 Å². The number of hydrogen-bond donors (Lipinski definition) is 0. The molecule has 0 saturated carbocycles. The topological polar surface area (TPSA) is 17.8 Å². The van der Waals surface area contributed by atoms with Gasteiger partial charge in [0.1, 0.15) is 0 Å². The molecule has 0 aliphatic heterocycles. The zero-order valence-corrected chi connectivity index (χ0v) is 5.32. The molecule has 0 atom stereocenters. The third kappa shape index (κ3) is 1.41. The Balaban J connectivity index is 2.96. The fraction of sp³-hybridized carbons (Fsp3) is 0.250. The van der Waals surface area contributed by atoms with Crippen LogP contribution < -0.4 is 0 Å². The first-order valence-electron chi connectivity index (χ1n) is 2.29. The van der Waals surface area contributed by atoms with Crippen LogP contribution in [-0.2, 0) is 6.18 Å². The van der Waals surface area contributed by atoms with Crippen LogP contribution in [0, 0.1) is 0 Å². The van der Waals surface area contributed by atoms with Gasteiger partial charge in [-0.1, -0.05) is 0 Å². The summed E-state index contributed by atoms with van der Waals surface area (Å²) in [6.45, 7) is 0. The van der Waals surface area contributed by atoms with Gasteiger partial charge >= 0.3 is 6.18 Å². The molecule has 0 saturated heterocycles. The Labute approximate surface area is 59.3 Å². The Morgan fingerprint density at radius 2 is 2.10 bits per heavy atom. The summed E-state index contributed by atoms with van der Waals surface area (Å²) in [6, 6.07) is 0.799. The van der Waals surface area contributed by atoms with Crippen molar-refractivity contribution in [2.24, 2.45) is 0 Å². The highest BCUT2D eigenvalue weighted by molar-refractivity contribution is 6.14. The number of rotatable bonds is 0. The van der Waals surface area contributed by atoms with E-state index in [4.69, 9.17) is 11.8 Å². The van der Waals surface area contributed by atoms with Gasteiger partial charge in [-0.2, -0.15) is 22.5 Å². The maximum absolute atomic E-state index is 11.7. The molecule has 10 heavy (non-hydrogen) atoms. The summed E-state index contributed by atoms with van der Waals surface area (Å²) >= 11 is 5.07. The van der Waals surface area contributed by atoms with Crippen LogP contribution in [0.3, 0.4) is 0 Å². The maximum Gasteiger partial charge on any atom is 0.435 e. The van der Waals surface area contributed by atoms with Gasteiger partial charge in [0.15, 0.2) is 5.69 Å². The molecule has 0 fully saturated rings. The van der Waals surface area contributed by atoms with Crippen LogP contribution in [0.5, 0.6) is 0 Å². The minimum Gasteiger partial charge on any atom is -0.180 e. The van der Waals surface area contributed by atoms with Crippen molar-refractivity contribution in [1.29, 1.82) is 0 Å². The Kier molecular flexibility index (Phi) is 1.60. The van der Waals surface area contributed by atoms with Crippen molar-refractivity contribution >= 4 is 11.8 Å². The van der Waals surface area contributed by atoms with Gasteiger partial charge in [0.05, 0.1) is 0 Å². The van der Waals surface area contributed by atoms with Crippen LogP contribution in [0.4, 0.5) is 13.2 Å². The highest BCUT2D eigenvalue weighted by atomic mass is 35.5. The first-order valence-corrected chi connectivity index (χ1v) is 2.63. The van der Waals surface area contributed by atoms with Crippen LogP contribution in [0.1, 0.15) is 5.69 Å². The molecule has 0 aliphatic rings. The molecule has 1 aromatic heterocycles. The predicted molar refractivity (Wildman–Crippen MR) is 28.5 cm³/mol. The molecule has 0 amide bonds. The van der Waals surface area contributed by atoms with Crippen LogP contribution in [0.15, 0.2) is 12.3 Å². The Bertz CT molecular complexity index is 229. The van der Waals surface area contributed by atoms with Gasteiger partial charge in [-0.15, -0.1) is 0 Å². The minimum atomic E-state index is -4.40. The van der Waals surface area contributed by atoms with E-state index in [1.165, 1.54) is 0 Å².